The minimum atomic E-state index is -0.531. The first-order valence-electron chi connectivity index (χ1n) is 3.59. The van der Waals surface area contributed by atoms with E-state index in [1.165, 1.54) is 0 Å². The molecule has 2 N–H and O–H groups in total. The van der Waals surface area contributed by atoms with Crippen molar-refractivity contribution in [3.63, 3.8) is 0 Å². The number of pyridine rings is 1. The van der Waals surface area contributed by atoms with Crippen LogP contribution in [0.25, 0.3) is 0 Å². The Kier molecular flexibility index (Phi) is 3.40. The Balaban J connectivity index is 2.73. The zero-order valence-corrected chi connectivity index (χ0v) is 7.53. The van der Waals surface area contributed by atoms with Crippen LogP contribution in [0.5, 0.6) is 0 Å². The molecule has 0 radical (unpaired) electrons. The number of rotatable bonds is 3. The van der Waals surface area contributed by atoms with E-state index >= 15 is 0 Å². The molecule has 13 heavy (non-hydrogen) atoms. The van der Waals surface area contributed by atoms with Crippen molar-refractivity contribution in [2.75, 3.05) is 6.54 Å². The van der Waals surface area contributed by atoms with Gasteiger partial charge in [0.15, 0.2) is 0 Å². The summed E-state index contributed by atoms with van der Waals surface area (Å²) in [6.45, 7) is -0.101. The molecule has 0 aliphatic rings. The normalized spacial score (nSPS) is 11.3. The molecule has 0 fully saturated rings. The Labute approximate surface area is 80.4 Å². The van der Waals surface area contributed by atoms with Crippen LogP contribution >= 0.6 is 11.6 Å². The van der Waals surface area contributed by atoms with E-state index in [2.05, 4.69) is 9.98 Å². The highest BCUT2D eigenvalue weighted by molar-refractivity contribution is 6.64. The standard InChI is InChI=1S/C8H8ClN3O/c9-7(13)5-12-8(10)6-1-3-11-4-2-6/h1-4H,5H2,(H2,10,12). The molecule has 0 aromatic carbocycles. The van der Waals surface area contributed by atoms with Crippen molar-refractivity contribution in [2.24, 2.45) is 10.7 Å². The van der Waals surface area contributed by atoms with E-state index in [1.54, 1.807) is 24.5 Å². The number of hydrogen-bond acceptors (Lipinski definition) is 3. The van der Waals surface area contributed by atoms with Crippen LogP contribution in [0.3, 0.4) is 0 Å². The van der Waals surface area contributed by atoms with E-state index in [0.717, 1.165) is 5.56 Å². The van der Waals surface area contributed by atoms with Gasteiger partial charge in [0.25, 0.3) is 0 Å². The summed E-state index contributed by atoms with van der Waals surface area (Å²) in [5.74, 6) is 0.288. The number of nitrogens with zero attached hydrogens (tertiary/aromatic N) is 2. The SMILES string of the molecule is NC(=NCC(=O)Cl)c1ccncc1. The third-order valence-corrected chi connectivity index (χ3v) is 1.47. The Hall–Kier alpha value is -1.42. The van der Waals surface area contributed by atoms with Gasteiger partial charge in [-0.2, -0.15) is 0 Å². The molecule has 0 saturated heterocycles. The highest BCUT2D eigenvalue weighted by Gasteiger charge is 1.97. The molecule has 5 heteroatoms. The molecule has 0 aliphatic heterocycles. The maximum atomic E-state index is 10.4. The summed E-state index contributed by atoms with van der Waals surface area (Å²) in [5.41, 5.74) is 6.28. The number of amidine groups is 1. The van der Waals surface area contributed by atoms with E-state index in [1.807, 2.05) is 0 Å². The van der Waals surface area contributed by atoms with Gasteiger partial charge >= 0.3 is 0 Å². The summed E-state index contributed by atoms with van der Waals surface area (Å²) in [6, 6.07) is 3.41. The molecule has 0 atom stereocenters. The molecule has 0 amide bonds. The first kappa shape index (κ1) is 9.67. The largest absolute Gasteiger partial charge is 0.383 e. The van der Waals surface area contributed by atoms with Crippen LogP contribution < -0.4 is 5.73 Å². The second-order valence-electron chi connectivity index (χ2n) is 2.29. The fourth-order valence-electron chi connectivity index (χ4n) is 0.761. The van der Waals surface area contributed by atoms with Gasteiger partial charge in [0.05, 0.1) is 0 Å². The van der Waals surface area contributed by atoms with E-state index in [4.69, 9.17) is 17.3 Å². The average Bonchev–Trinajstić information content (AvgIpc) is 2.15. The zero-order valence-electron chi connectivity index (χ0n) is 6.77. The molecule has 4 nitrogen and oxygen atoms in total. The fraction of sp³-hybridized carbons (Fsp3) is 0.125. The van der Waals surface area contributed by atoms with Crippen molar-refractivity contribution in [1.29, 1.82) is 0 Å². The summed E-state index contributed by atoms with van der Waals surface area (Å²) in [7, 11) is 0. The lowest BCUT2D eigenvalue weighted by molar-refractivity contribution is -0.110. The predicted molar refractivity (Wildman–Crippen MR) is 50.7 cm³/mol. The quantitative estimate of drug-likeness (QED) is 0.437. The van der Waals surface area contributed by atoms with Gasteiger partial charge in [-0.15, -0.1) is 0 Å². The van der Waals surface area contributed by atoms with E-state index in [9.17, 15) is 4.79 Å². The van der Waals surface area contributed by atoms with Crippen LogP contribution in [0.15, 0.2) is 29.5 Å². The lowest BCUT2D eigenvalue weighted by Crippen LogP contribution is -2.14. The highest BCUT2D eigenvalue weighted by Crippen LogP contribution is 1.95. The second-order valence-corrected chi connectivity index (χ2v) is 2.71. The maximum Gasteiger partial charge on any atom is 0.243 e. The molecule has 0 spiro atoms. The van der Waals surface area contributed by atoms with Gasteiger partial charge in [-0.1, -0.05) is 0 Å². The third kappa shape index (κ3) is 3.21. The molecule has 1 heterocycles. The molecular weight excluding hydrogens is 190 g/mol. The Bertz CT molecular complexity index is 323. The van der Waals surface area contributed by atoms with Crippen LogP contribution in [-0.4, -0.2) is 22.6 Å². The number of halogens is 1. The first-order chi connectivity index (χ1) is 6.20. The predicted octanol–water partition coefficient (Wildman–Crippen LogP) is 0.552. The van der Waals surface area contributed by atoms with Gasteiger partial charge in [-0.05, 0) is 23.7 Å². The second kappa shape index (κ2) is 4.57. The topological polar surface area (TPSA) is 68.3 Å². The number of aliphatic imine (C=N–C) groups is 1. The van der Waals surface area contributed by atoms with E-state index in [-0.39, 0.29) is 12.4 Å². The Morgan fingerprint density at radius 2 is 2.15 bits per heavy atom. The number of hydrogen-bond donors (Lipinski definition) is 1. The van der Waals surface area contributed by atoms with Gasteiger partial charge in [0.1, 0.15) is 12.4 Å². The summed E-state index contributed by atoms with van der Waals surface area (Å²) >= 11 is 5.10. The lowest BCUT2D eigenvalue weighted by atomic mass is 10.2. The number of nitrogens with two attached hydrogens (primary N) is 1. The molecule has 0 aliphatic carbocycles. The Morgan fingerprint density at radius 3 is 2.69 bits per heavy atom. The van der Waals surface area contributed by atoms with Gasteiger partial charge in [-0.25, -0.2) is 0 Å². The van der Waals surface area contributed by atoms with Crippen LogP contribution in [0, 0.1) is 0 Å². The molecule has 1 aromatic heterocycles. The van der Waals surface area contributed by atoms with Crippen molar-refractivity contribution in [2.45, 2.75) is 0 Å². The summed E-state index contributed by atoms with van der Waals surface area (Å²) in [5, 5.41) is -0.531. The van der Waals surface area contributed by atoms with Crippen molar-refractivity contribution < 1.29 is 4.79 Å². The van der Waals surface area contributed by atoms with Crippen molar-refractivity contribution in [1.82, 2.24) is 4.98 Å². The molecule has 0 bridgehead atoms. The summed E-state index contributed by atoms with van der Waals surface area (Å²) in [6.07, 6.45) is 3.19. The third-order valence-electron chi connectivity index (χ3n) is 1.35. The molecule has 0 unspecified atom stereocenters. The zero-order chi connectivity index (χ0) is 9.68. The van der Waals surface area contributed by atoms with Crippen LogP contribution in [0.1, 0.15) is 5.56 Å². The van der Waals surface area contributed by atoms with Crippen molar-refractivity contribution >= 4 is 22.7 Å². The van der Waals surface area contributed by atoms with E-state index in [0.29, 0.717) is 0 Å². The van der Waals surface area contributed by atoms with Crippen molar-refractivity contribution in [3.05, 3.63) is 30.1 Å². The summed E-state index contributed by atoms with van der Waals surface area (Å²) in [4.78, 5) is 18.0. The molecule has 1 aromatic rings. The smallest absolute Gasteiger partial charge is 0.243 e. The maximum absolute atomic E-state index is 10.4. The van der Waals surface area contributed by atoms with Gasteiger partial charge in [0, 0.05) is 18.0 Å². The van der Waals surface area contributed by atoms with Crippen LogP contribution in [-0.2, 0) is 4.79 Å². The van der Waals surface area contributed by atoms with Gasteiger partial charge < -0.3 is 5.73 Å². The van der Waals surface area contributed by atoms with E-state index < -0.39 is 5.24 Å². The number of aromatic nitrogens is 1. The number of carbonyl (C=O) groups excluding carboxylic acids is 1. The summed E-state index contributed by atoms with van der Waals surface area (Å²) < 4.78 is 0. The minimum Gasteiger partial charge on any atom is -0.383 e. The molecule has 0 saturated carbocycles. The average molecular weight is 198 g/mol. The van der Waals surface area contributed by atoms with Gasteiger partial charge in [-0.3, -0.25) is 14.8 Å². The minimum absolute atomic E-state index is 0.101. The number of carbonyl (C=O) groups is 1. The molecular formula is C8H8ClN3O. The Morgan fingerprint density at radius 1 is 1.54 bits per heavy atom. The first-order valence-corrected chi connectivity index (χ1v) is 3.96. The lowest BCUT2D eigenvalue weighted by Gasteiger charge is -1.97. The van der Waals surface area contributed by atoms with Gasteiger partial charge in [0.2, 0.25) is 5.24 Å². The van der Waals surface area contributed by atoms with Crippen molar-refractivity contribution in [3.8, 4) is 0 Å². The van der Waals surface area contributed by atoms with Crippen LogP contribution in [0.4, 0.5) is 0 Å². The molecule has 1 rings (SSSR count). The van der Waals surface area contributed by atoms with Crippen LogP contribution in [0.2, 0.25) is 0 Å². The highest BCUT2D eigenvalue weighted by atomic mass is 35.5. The molecule has 68 valence electrons. The fourth-order valence-corrected chi connectivity index (χ4v) is 0.821. The monoisotopic (exact) mass is 197 g/mol.